The minimum absolute atomic E-state index is 0.435. The molecule has 0 bridgehead atoms. The molecule has 4 nitrogen and oxygen atoms in total. The summed E-state index contributed by atoms with van der Waals surface area (Å²) >= 11 is 0. The van der Waals surface area contributed by atoms with Gasteiger partial charge in [0.2, 0.25) is 5.91 Å². The zero-order chi connectivity index (χ0) is 12.6. The largest absolute Gasteiger partial charge is 0.382 e. The van der Waals surface area contributed by atoms with E-state index in [0.29, 0.717) is 6.42 Å². The summed E-state index contributed by atoms with van der Waals surface area (Å²) in [5.41, 5.74) is 11.5. The van der Waals surface area contributed by atoms with Crippen molar-refractivity contribution < 1.29 is 9.90 Å². The third kappa shape index (κ3) is 4.91. The quantitative estimate of drug-likeness (QED) is 0.692. The number of primary amides is 1. The molecule has 0 radical (unpaired) electrons. The van der Waals surface area contributed by atoms with Crippen molar-refractivity contribution in [1.82, 2.24) is 0 Å². The topological polar surface area (TPSA) is 89.3 Å². The van der Waals surface area contributed by atoms with Crippen LogP contribution in [0.5, 0.6) is 0 Å². The molecule has 90 valence electrons. The Hall–Kier alpha value is -1.39. The van der Waals surface area contributed by atoms with Gasteiger partial charge in [-0.2, -0.15) is 0 Å². The Morgan fingerprint density at radius 2 is 1.81 bits per heavy atom. The van der Waals surface area contributed by atoms with Crippen LogP contribution in [0.2, 0.25) is 0 Å². The molecule has 5 N–H and O–H groups in total. The van der Waals surface area contributed by atoms with Crippen LogP contribution < -0.4 is 11.5 Å². The summed E-state index contributed by atoms with van der Waals surface area (Å²) in [6.45, 7) is 4.00. The molecular weight excluding hydrogens is 204 g/mol. The first kappa shape index (κ1) is 14.6. The number of hydrogen-bond acceptors (Lipinski definition) is 3. The van der Waals surface area contributed by atoms with E-state index >= 15 is 0 Å². The highest BCUT2D eigenvalue weighted by atomic mass is 16.3. The number of amides is 1. The maximum absolute atomic E-state index is 10.6. The highest BCUT2D eigenvalue weighted by Crippen LogP contribution is 2.04. The molecule has 0 saturated carbocycles. The summed E-state index contributed by atoms with van der Waals surface area (Å²) in [6.07, 6.45) is -0.847. The third-order valence-corrected chi connectivity index (χ3v) is 2.01. The number of rotatable bonds is 4. The Morgan fingerprint density at radius 1 is 1.31 bits per heavy atom. The molecule has 0 saturated heterocycles. The molecule has 1 amide bonds. The van der Waals surface area contributed by atoms with Crippen LogP contribution in [0.25, 0.3) is 0 Å². The van der Waals surface area contributed by atoms with Gasteiger partial charge < -0.3 is 16.6 Å². The molecule has 4 heteroatoms. The maximum Gasteiger partial charge on any atom is 0.247 e. The second kappa shape index (κ2) is 7.84. The van der Waals surface area contributed by atoms with E-state index in [1.807, 2.05) is 44.2 Å². The molecule has 0 heterocycles. The normalized spacial score (nSPS) is 13.2. The summed E-state index contributed by atoms with van der Waals surface area (Å²) in [6, 6.07) is 8.76. The van der Waals surface area contributed by atoms with Crippen LogP contribution in [0.4, 0.5) is 0 Å². The Balaban J connectivity index is 0.00000106. The van der Waals surface area contributed by atoms with E-state index in [4.69, 9.17) is 11.5 Å². The number of aliphatic hydroxyl groups is 1. The molecule has 0 aliphatic carbocycles. The van der Waals surface area contributed by atoms with Crippen LogP contribution in [0, 0.1) is 0 Å². The number of carbonyl (C=O) groups excluding carboxylic acids is 1. The molecule has 1 aromatic rings. The molecule has 0 aromatic heterocycles. The van der Waals surface area contributed by atoms with Crippen molar-refractivity contribution >= 4 is 5.91 Å². The van der Waals surface area contributed by atoms with Gasteiger partial charge in [0.1, 0.15) is 6.10 Å². The zero-order valence-electron chi connectivity index (χ0n) is 9.76. The molecule has 16 heavy (non-hydrogen) atoms. The van der Waals surface area contributed by atoms with Crippen molar-refractivity contribution in [3.63, 3.8) is 0 Å². The average molecular weight is 224 g/mol. The summed E-state index contributed by atoms with van der Waals surface area (Å²) in [7, 11) is 0. The lowest BCUT2D eigenvalue weighted by molar-refractivity contribution is -0.126. The minimum Gasteiger partial charge on any atom is -0.382 e. The fourth-order valence-electron chi connectivity index (χ4n) is 1.21. The highest BCUT2D eigenvalue weighted by Gasteiger charge is 2.20. The predicted octanol–water partition coefficient (Wildman–Crippen LogP) is 0.429. The number of carbonyl (C=O) groups is 1. The Kier molecular flexibility index (Phi) is 7.16. The second-order valence-electron chi connectivity index (χ2n) is 3.20. The molecule has 0 spiro atoms. The number of aliphatic hydroxyl groups excluding tert-OH is 1. The van der Waals surface area contributed by atoms with Gasteiger partial charge >= 0.3 is 0 Å². The lowest BCUT2D eigenvalue weighted by Gasteiger charge is -2.15. The molecule has 1 rings (SSSR count). The van der Waals surface area contributed by atoms with Gasteiger partial charge in [-0.3, -0.25) is 4.79 Å². The van der Waals surface area contributed by atoms with Gasteiger partial charge in [0, 0.05) is 6.04 Å². The fourth-order valence-corrected chi connectivity index (χ4v) is 1.21. The lowest BCUT2D eigenvalue weighted by atomic mass is 10.0. The van der Waals surface area contributed by atoms with Crippen LogP contribution in [0.15, 0.2) is 30.3 Å². The molecular formula is C12H20N2O2. The van der Waals surface area contributed by atoms with Gasteiger partial charge in [-0.1, -0.05) is 44.2 Å². The monoisotopic (exact) mass is 224 g/mol. The van der Waals surface area contributed by atoms with Crippen LogP contribution in [-0.2, 0) is 11.2 Å². The zero-order valence-corrected chi connectivity index (χ0v) is 9.76. The first-order chi connectivity index (χ1) is 7.61. The Labute approximate surface area is 96.3 Å². The van der Waals surface area contributed by atoms with Crippen molar-refractivity contribution in [3.05, 3.63) is 35.9 Å². The van der Waals surface area contributed by atoms with Crippen molar-refractivity contribution in [2.24, 2.45) is 11.5 Å². The highest BCUT2D eigenvalue weighted by molar-refractivity contribution is 5.79. The van der Waals surface area contributed by atoms with E-state index in [1.54, 1.807) is 0 Å². The van der Waals surface area contributed by atoms with Crippen LogP contribution in [-0.4, -0.2) is 23.2 Å². The standard InChI is InChI=1S/C10H14N2O2.C2H6/c11-8(9(13)10(12)14)6-7-4-2-1-3-5-7;1-2/h1-5,8-9,13H,6,11H2,(H2,12,14);1-2H3. The summed E-state index contributed by atoms with van der Waals surface area (Å²) in [5, 5.41) is 9.26. The van der Waals surface area contributed by atoms with Gasteiger partial charge in [-0.15, -0.1) is 0 Å². The fraction of sp³-hybridized carbons (Fsp3) is 0.417. The minimum atomic E-state index is -1.28. The molecule has 0 aliphatic rings. The van der Waals surface area contributed by atoms with E-state index in [1.165, 1.54) is 0 Å². The van der Waals surface area contributed by atoms with Gasteiger partial charge in [0.25, 0.3) is 0 Å². The Bertz CT molecular complexity index is 301. The van der Waals surface area contributed by atoms with Gasteiger partial charge in [-0.05, 0) is 12.0 Å². The molecule has 2 atom stereocenters. The average Bonchev–Trinajstić information content (AvgIpc) is 2.31. The third-order valence-electron chi connectivity index (χ3n) is 2.01. The smallest absolute Gasteiger partial charge is 0.247 e. The van der Waals surface area contributed by atoms with E-state index in [0.717, 1.165) is 5.56 Å². The van der Waals surface area contributed by atoms with E-state index in [9.17, 15) is 9.90 Å². The molecule has 0 fully saturated rings. The van der Waals surface area contributed by atoms with Crippen LogP contribution in [0.3, 0.4) is 0 Å². The molecule has 2 unspecified atom stereocenters. The van der Waals surface area contributed by atoms with Crippen molar-refractivity contribution in [1.29, 1.82) is 0 Å². The summed E-state index contributed by atoms with van der Waals surface area (Å²) in [5.74, 6) is -0.784. The van der Waals surface area contributed by atoms with Crippen LogP contribution >= 0.6 is 0 Å². The van der Waals surface area contributed by atoms with Crippen molar-refractivity contribution in [3.8, 4) is 0 Å². The number of benzene rings is 1. The first-order valence-corrected chi connectivity index (χ1v) is 5.38. The summed E-state index contributed by atoms with van der Waals surface area (Å²) in [4.78, 5) is 10.6. The number of nitrogens with two attached hydrogens (primary N) is 2. The number of hydrogen-bond donors (Lipinski definition) is 3. The summed E-state index contributed by atoms with van der Waals surface area (Å²) < 4.78 is 0. The van der Waals surface area contributed by atoms with Crippen LogP contribution in [0.1, 0.15) is 19.4 Å². The van der Waals surface area contributed by atoms with Gasteiger partial charge in [0.15, 0.2) is 0 Å². The predicted molar refractivity (Wildman–Crippen MR) is 64.7 cm³/mol. The first-order valence-electron chi connectivity index (χ1n) is 5.38. The maximum atomic E-state index is 10.6. The van der Waals surface area contributed by atoms with E-state index < -0.39 is 18.1 Å². The Morgan fingerprint density at radius 3 is 2.25 bits per heavy atom. The second-order valence-corrected chi connectivity index (χ2v) is 3.20. The van der Waals surface area contributed by atoms with E-state index in [2.05, 4.69) is 0 Å². The lowest BCUT2D eigenvalue weighted by Crippen LogP contribution is -2.45. The molecule has 0 aliphatic heterocycles. The van der Waals surface area contributed by atoms with Gasteiger partial charge in [-0.25, -0.2) is 0 Å². The van der Waals surface area contributed by atoms with E-state index in [-0.39, 0.29) is 0 Å². The van der Waals surface area contributed by atoms with Gasteiger partial charge in [0.05, 0.1) is 0 Å². The van der Waals surface area contributed by atoms with Crippen molar-refractivity contribution in [2.45, 2.75) is 32.4 Å². The SMILES string of the molecule is CC.NC(=O)C(O)C(N)Cc1ccccc1. The molecule has 1 aromatic carbocycles. The van der Waals surface area contributed by atoms with Crippen molar-refractivity contribution in [2.75, 3.05) is 0 Å².